The van der Waals surface area contributed by atoms with Crippen molar-refractivity contribution in [3.63, 3.8) is 0 Å². The van der Waals surface area contributed by atoms with Crippen LogP contribution in [0, 0.1) is 5.92 Å². The Kier molecular flexibility index (Phi) is 7.67. The predicted molar refractivity (Wildman–Crippen MR) is 120 cm³/mol. The molecule has 1 aromatic carbocycles. The van der Waals surface area contributed by atoms with Crippen LogP contribution in [0.25, 0.3) is 0 Å². The zero-order valence-corrected chi connectivity index (χ0v) is 19.3. The van der Waals surface area contributed by atoms with Gasteiger partial charge in [0.15, 0.2) is 0 Å². The minimum absolute atomic E-state index is 0.158. The van der Waals surface area contributed by atoms with Crippen molar-refractivity contribution in [1.29, 1.82) is 0 Å². The van der Waals surface area contributed by atoms with E-state index in [9.17, 15) is 9.59 Å². The third-order valence-electron chi connectivity index (χ3n) is 6.09. The average molecular weight is 435 g/mol. The number of ether oxygens (including phenoxy) is 1. The van der Waals surface area contributed by atoms with Crippen LogP contribution in [0.1, 0.15) is 70.8 Å². The maximum atomic E-state index is 13.7. The van der Waals surface area contributed by atoms with Crippen LogP contribution in [-0.2, 0) is 9.53 Å². The highest BCUT2D eigenvalue weighted by molar-refractivity contribution is 6.30. The molecule has 3 rings (SSSR count). The van der Waals surface area contributed by atoms with Gasteiger partial charge in [0.25, 0.3) is 0 Å². The van der Waals surface area contributed by atoms with Gasteiger partial charge in [0.05, 0.1) is 5.92 Å². The van der Waals surface area contributed by atoms with Crippen LogP contribution in [-0.4, -0.2) is 53.6 Å². The second kappa shape index (κ2) is 10.0. The monoisotopic (exact) mass is 434 g/mol. The Morgan fingerprint density at radius 1 is 1.00 bits per heavy atom. The Hall–Kier alpha value is -1.75. The van der Waals surface area contributed by atoms with Crippen LogP contribution in [0.15, 0.2) is 24.3 Å². The topological polar surface area (TPSA) is 49.9 Å². The van der Waals surface area contributed by atoms with Crippen molar-refractivity contribution in [3.05, 3.63) is 34.9 Å². The first kappa shape index (κ1) is 22.9. The van der Waals surface area contributed by atoms with E-state index < -0.39 is 5.60 Å². The van der Waals surface area contributed by atoms with Gasteiger partial charge in [0, 0.05) is 31.2 Å². The van der Waals surface area contributed by atoms with Gasteiger partial charge in [0.1, 0.15) is 5.60 Å². The van der Waals surface area contributed by atoms with Gasteiger partial charge in [-0.2, -0.15) is 0 Å². The van der Waals surface area contributed by atoms with Gasteiger partial charge < -0.3 is 14.5 Å². The van der Waals surface area contributed by atoms with E-state index in [1.807, 2.05) is 49.9 Å². The fraction of sp³-hybridized carbons (Fsp3) is 0.667. The Balaban J connectivity index is 1.71. The molecule has 1 aliphatic carbocycles. The molecule has 30 heavy (non-hydrogen) atoms. The molecule has 0 N–H and O–H groups in total. The van der Waals surface area contributed by atoms with Gasteiger partial charge in [-0.05, 0) is 57.2 Å². The number of rotatable bonds is 3. The summed E-state index contributed by atoms with van der Waals surface area (Å²) in [7, 11) is 0. The summed E-state index contributed by atoms with van der Waals surface area (Å²) in [4.78, 5) is 29.7. The van der Waals surface area contributed by atoms with Crippen LogP contribution in [0.2, 0.25) is 5.02 Å². The summed E-state index contributed by atoms with van der Waals surface area (Å²) in [5, 5.41) is 0.675. The second-order valence-corrected chi connectivity index (χ2v) is 10.0. The first-order chi connectivity index (χ1) is 14.2. The Bertz CT molecular complexity index is 730. The number of benzene rings is 1. The molecule has 2 aliphatic rings. The summed E-state index contributed by atoms with van der Waals surface area (Å²) in [6, 6.07) is 7.79. The summed E-state index contributed by atoms with van der Waals surface area (Å²) < 4.78 is 5.48. The van der Waals surface area contributed by atoms with E-state index in [1.165, 1.54) is 25.7 Å². The number of piperazine rings is 1. The maximum Gasteiger partial charge on any atom is 0.410 e. The standard InChI is InChI=1S/C24H35ClN2O3/c1-24(2,3)30-23(29)27-15-13-26(14-16-27)22(28)21(18-9-6-4-5-7-10-18)19-11-8-12-20(25)17-19/h8,11-12,17-18,21H,4-7,9-10,13-16H2,1-3H3. The molecule has 6 heteroatoms. The molecule has 0 aromatic heterocycles. The molecule has 0 spiro atoms. The van der Waals surface area contributed by atoms with Gasteiger partial charge in [-0.3, -0.25) is 4.79 Å². The third kappa shape index (κ3) is 6.13. The van der Waals surface area contributed by atoms with Crippen LogP contribution in [0.3, 0.4) is 0 Å². The van der Waals surface area contributed by atoms with Crippen LogP contribution >= 0.6 is 11.6 Å². The lowest BCUT2D eigenvalue weighted by Gasteiger charge is -2.38. The van der Waals surface area contributed by atoms with E-state index in [2.05, 4.69) is 0 Å². The normalized spacial score (nSPS) is 19.9. The van der Waals surface area contributed by atoms with Gasteiger partial charge in [0.2, 0.25) is 5.91 Å². The Morgan fingerprint density at radius 2 is 1.60 bits per heavy atom. The molecule has 1 saturated heterocycles. The number of carbonyl (C=O) groups is 2. The Morgan fingerprint density at radius 3 is 2.17 bits per heavy atom. The lowest BCUT2D eigenvalue weighted by molar-refractivity contribution is -0.136. The van der Waals surface area contributed by atoms with E-state index in [0.717, 1.165) is 18.4 Å². The second-order valence-electron chi connectivity index (χ2n) is 9.58. The van der Waals surface area contributed by atoms with Crippen molar-refractivity contribution in [2.45, 2.75) is 70.8 Å². The molecule has 1 heterocycles. The maximum absolute atomic E-state index is 13.7. The van der Waals surface area contributed by atoms with E-state index >= 15 is 0 Å². The molecule has 0 bridgehead atoms. The van der Waals surface area contributed by atoms with Gasteiger partial charge >= 0.3 is 6.09 Å². The number of halogens is 1. The number of carbonyl (C=O) groups excluding carboxylic acids is 2. The summed E-state index contributed by atoms with van der Waals surface area (Å²) in [6.45, 7) is 7.71. The fourth-order valence-electron chi connectivity index (χ4n) is 4.59. The molecule has 5 nitrogen and oxygen atoms in total. The van der Waals surface area contributed by atoms with Crippen LogP contribution in [0.5, 0.6) is 0 Å². The quantitative estimate of drug-likeness (QED) is 0.592. The Labute approximate surface area is 185 Å². The molecule has 1 unspecified atom stereocenters. The van der Waals surface area contributed by atoms with E-state index in [0.29, 0.717) is 37.1 Å². The highest BCUT2D eigenvalue weighted by Crippen LogP contribution is 2.37. The molecule has 166 valence electrons. The fourth-order valence-corrected chi connectivity index (χ4v) is 4.79. The van der Waals surface area contributed by atoms with Gasteiger partial charge in [-0.15, -0.1) is 0 Å². The third-order valence-corrected chi connectivity index (χ3v) is 6.32. The SMILES string of the molecule is CC(C)(C)OC(=O)N1CCN(C(=O)C(c2cccc(Cl)c2)C2CCCCCC2)CC1. The van der Waals surface area contributed by atoms with Crippen molar-refractivity contribution in [3.8, 4) is 0 Å². The first-order valence-corrected chi connectivity index (χ1v) is 11.6. The number of amides is 2. The largest absolute Gasteiger partial charge is 0.444 e. The summed E-state index contributed by atoms with van der Waals surface area (Å²) in [5.74, 6) is 0.366. The molecular formula is C24H35ClN2O3. The average Bonchev–Trinajstić information content (AvgIpc) is 2.96. The smallest absolute Gasteiger partial charge is 0.410 e. The van der Waals surface area contributed by atoms with E-state index in [4.69, 9.17) is 16.3 Å². The molecule has 0 radical (unpaired) electrons. The van der Waals surface area contributed by atoms with E-state index in [-0.39, 0.29) is 17.9 Å². The zero-order chi connectivity index (χ0) is 21.7. The molecule has 1 atom stereocenters. The van der Waals surface area contributed by atoms with Crippen molar-refractivity contribution in [2.24, 2.45) is 5.92 Å². The lowest BCUT2D eigenvalue weighted by Crippen LogP contribution is -2.53. The highest BCUT2D eigenvalue weighted by atomic mass is 35.5. The highest BCUT2D eigenvalue weighted by Gasteiger charge is 2.35. The van der Waals surface area contributed by atoms with Crippen molar-refractivity contribution in [1.82, 2.24) is 9.80 Å². The van der Waals surface area contributed by atoms with Gasteiger partial charge in [-0.25, -0.2) is 4.79 Å². The summed E-state index contributed by atoms with van der Waals surface area (Å²) >= 11 is 6.27. The number of hydrogen-bond donors (Lipinski definition) is 0. The minimum Gasteiger partial charge on any atom is -0.444 e. The molecule has 2 amide bonds. The summed E-state index contributed by atoms with van der Waals surface area (Å²) in [5.41, 5.74) is 0.509. The lowest BCUT2D eigenvalue weighted by atomic mass is 9.80. The van der Waals surface area contributed by atoms with Crippen LogP contribution in [0.4, 0.5) is 4.79 Å². The first-order valence-electron chi connectivity index (χ1n) is 11.3. The van der Waals surface area contributed by atoms with Crippen LogP contribution < -0.4 is 0 Å². The van der Waals surface area contributed by atoms with Crippen molar-refractivity contribution < 1.29 is 14.3 Å². The molecular weight excluding hydrogens is 400 g/mol. The minimum atomic E-state index is -0.513. The molecule has 2 fully saturated rings. The number of nitrogens with zero attached hydrogens (tertiary/aromatic N) is 2. The van der Waals surface area contributed by atoms with Crippen molar-refractivity contribution >= 4 is 23.6 Å². The molecule has 1 aliphatic heterocycles. The van der Waals surface area contributed by atoms with Gasteiger partial charge in [-0.1, -0.05) is 49.4 Å². The zero-order valence-electron chi connectivity index (χ0n) is 18.5. The number of hydrogen-bond acceptors (Lipinski definition) is 3. The van der Waals surface area contributed by atoms with E-state index in [1.54, 1.807) is 4.90 Å². The van der Waals surface area contributed by atoms with Crippen molar-refractivity contribution in [2.75, 3.05) is 26.2 Å². The predicted octanol–water partition coefficient (Wildman–Crippen LogP) is 5.47. The summed E-state index contributed by atoms with van der Waals surface area (Å²) in [6.07, 6.45) is 6.73. The molecule has 1 aromatic rings. The molecule has 1 saturated carbocycles.